The Morgan fingerprint density at radius 2 is 2.17 bits per heavy atom. The van der Waals surface area contributed by atoms with Crippen molar-refractivity contribution < 1.29 is 14.3 Å². The molecule has 0 N–H and O–H groups in total. The average Bonchev–Trinajstić information content (AvgIpc) is 3.18. The van der Waals surface area contributed by atoms with Crippen molar-refractivity contribution in [2.45, 2.75) is 26.4 Å². The maximum absolute atomic E-state index is 12.3. The summed E-state index contributed by atoms with van der Waals surface area (Å²) in [5, 5.41) is 4.04. The quantitative estimate of drug-likeness (QED) is 0.789. The first kappa shape index (κ1) is 16.2. The van der Waals surface area contributed by atoms with E-state index in [1.54, 1.807) is 22.0 Å². The zero-order valence-corrected chi connectivity index (χ0v) is 13.9. The van der Waals surface area contributed by atoms with E-state index < -0.39 is 5.92 Å². The predicted octanol–water partition coefficient (Wildman–Crippen LogP) is 2.08. The Balaban J connectivity index is 1.64. The molecule has 1 saturated heterocycles. The van der Waals surface area contributed by atoms with Crippen molar-refractivity contribution in [1.29, 1.82) is 0 Å². The maximum atomic E-state index is 12.3. The van der Waals surface area contributed by atoms with Crippen LogP contribution in [0.4, 0.5) is 5.69 Å². The van der Waals surface area contributed by atoms with Gasteiger partial charge in [0.25, 0.3) is 0 Å². The van der Waals surface area contributed by atoms with Crippen molar-refractivity contribution in [1.82, 2.24) is 9.78 Å². The van der Waals surface area contributed by atoms with Gasteiger partial charge >= 0.3 is 5.97 Å². The number of nitrogens with zero attached hydrogens (tertiary/aromatic N) is 3. The van der Waals surface area contributed by atoms with Gasteiger partial charge in [0.1, 0.15) is 6.61 Å². The van der Waals surface area contributed by atoms with Crippen LogP contribution < -0.4 is 4.90 Å². The second-order valence-corrected chi connectivity index (χ2v) is 6.02. The average molecular weight is 327 g/mol. The Labute approximate surface area is 141 Å². The maximum Gasteiger partial charge on any atom is 0.311 e. The Bertz CT molecular complexity index is 753. The van der Waals surface area contributed by atoms with Crippen molar-refractivity contribution in [2.75, 3.05) is 11.4 Å². The normalized spacial score (nSPS) is 17.3. The van der Waals surface area contributed by atoms with Crippen LogP contribution in [0.15, 0.2) is 36.7 Å². The van der Waals surface area contributed by atoms with Crippen LogP contribution >= 0.6 is 0 Å². The van der Waals surface area contributed by atoms with E-state index in [1.807, 2.05) is 31.3 Å². The third kappa shape index (κ3) is 3.32. The van der Waals surface area contributed by atoms with Gasteiger partial charge in [0.05, 0.1) is 12.1 Å². The molecule has 24 heavy (non-hydrogen) atoms. The van der Waals surface area contributed by atoms with Gasteiger partial charge in [-0.25, -0.2) is 0 Å². The number of rotatable bonds is 5. The third-order valence-electron chi connectivity index (χ3n) is 4.26. The second kappa shape index (κ2) is 6.86. The van der Waals surface area contributed by atoms with E-state index in [9.17, 15) is 9.59 Å². The summed E-state index contributed by atoms with van der Waals surface area (Å²) in [5.41, 5.74) is 2.84. The number of benzene rings is 1. The summed E-state index contributed by atoms with van der Waals surface area (Å²) < 4.78 is 7.00. The van der Waals surface area contributed by atoms with Gasteiger partial charge in [0.2, 0.25) is 5.91 Å². The molecule has 2 heterocycles. The van der Waals surface area contributed by atoms with E-state index in [1.165, 1.54) is 0 Å². The first-order valence-electron chi connectivity index (χ1n) is 8.11. The molecule has 1 atom stereocenters. The lowest BCUT2D eigenvalue weighted by Crippen LogP contribution is -2.27. The molecular formula is C18H21N3O3. The van der Waals surface area contributed by atoms with E-state index in [0.717, 1.165) is 23.2 Å². The highest BCUT2D eigenvalue weighted by Gasteiger charge is 2.36. The fraction of sp³-hybridized carbons (Fsp3) is 0.389. The second-order valence-electron chi connectivity index (χ2n) is 6.02. The number of aryl methyl sites for hydroxylation is 2. The molecule has 0 aliphatic carbocycles. The van der Waals surface area contributed by atoms with Gasteiger partial charge in [-0.15, -0.1) is 0 Å². The largest absolute Gasteiger partial charge is 0.460 e. The molecule has 126 valence electrons. The van der Waals surface area contributed by atoms with Crippen molar-refractivity contribution in [2.24, 2.45) is 13.0 Å². The summed E-state index contributed by atoms with van der Waals surface area (Å²) in [5.74, 6) is -0.776. The molecule has 1 aliphatic rings. The van der Waals surface area contributed by atoms with Crippen LogP contribution in [0.25, 0.3) is 0 Å². The van der Waals surface area contributed by atoms with Crippen LogP contribution in [0.3, 0.4) is 0 Å². The summed E-state index contributed by atoms with van der Waals surface area (Å²) >= 11 is 0. The van der Waals surface area contributed by atoms with Crippen LogP contribution in [-0.4, -0.2) is 28.2 Å². The highest BCUT2D eigenvalue weighted by molar-refractivity contribution is 6.00. The monoisotopic (exact) mass is 327 g/mol. The SMILES string of the molecule is CCc1ccccc1N1CC(C(=O)OCc2cnn(C)c2)CC1=O. The number of anilines is 1. The summed E-state index contributed by atoms with van der Waals surface area (Å²) in [6.45, 7) is 2.61. The van der Waals surface area contributed by atoms with Crippen molar-refractivity contribution in [3.63, 3.8) is 0 Å². The molecule has 3 rings (SSSR count). The molecule has 1 aromatic heterocycles. The van der Waals surface area contributed by atoms with E-state index in [4.69, 9.17) is 4.74 Å². The molecule has 1 aromatic carbocycles. The fourth-order valence-electron chi connectivity index (χ4n) is 2.99. The van der Waals surface area contributed by atoms with Gasteiger partial charge in [-0.1, -0.05) is 25.1 Å². The highest BCUT2D eigenvalue weighted by Crippen LogP contribution is 2.29. The van der Waals surface area contributed by atoms with Crippen LogP contribution in [0.5, 0.6) is 0 Å². The number of esters is 1. The number of amides is 1. The molecule has 6 nitrogen and oxygen atoms in total. The predicted molar refractivity (Wildman–Crippen MR) is 89.3 cm³/mol. The minimum atomic E-state index is -0.418. The molecule has 1 fully saturated rings. The topological polar surface area (TPSA) is 64.4 Å². The van der Waals surface area contributed by atoms with Gasteiger partial charge in [0.15, 0.2) is 0 Å². The van der Waals surface area contributed by atoms with Crippen molar-refractivity contribution in [3.05, 3.63) is 47.8 Å². The van der Waals surface area contributed by atoms with E-state index in [2.05, 4.69) is 12.0 Å². The molecule has 1 unspecified atom stereocenters. The summed E-state index contributed by atoms with van der Waals surface area (Å²) in [4.78, 5) is 26.3. The number of hydrogen-bond donors (Lipinski definition) is 0. The molecule has 0 radical (unpaired) electrons. The van der Waals surface area contributed by atoms with Gasteiger partial charge in [0, 0.05) is 37.5 Å². The summed E-state index contributed by atoms with van der Waals surface area (Å²) in [6, 6.07) is 7.81. The summed E-state index contributed by atoms with van der Waals surface area (Å²) in [6.07, 6.45) is 4.51. The minimum Gasteiger partial charge on any atom is -0.460 e. The van der Waals surface area contributed by atoms with Gasteiger partial charge < -0.3 is 9.64 Å². The molecule has 1 aliphatic heterocycles. The number of carbonyl (C=O) groups is 2. The smallest absolute Gasteiger partial charge is 0.311 e. The van der Waals surface area contributed by atoms with Crippen LogP contribution in [0, 0.1) is 5.92 Å². The first-order chi connectivity index (χ1) is 11.6. The molecule has 1 amide bonds. The number of carbonyl (C=O) groups excluding carboxylic acids is 2. The van der Waals surface area contributed by atoms with Gasteiger partial charge in [-0.3, -0.25) is 14.3 Å². The lowest BCUT2D eigenvalue weighted by Gasteiger charge is -2.19. The third-order valence-corrected chi connectivity index (χ3v) is 4.26. The minimum absolute atomic E-state index is 0.0285. The van der Waals surface area contributed by atoms with E-state index in [0.29, 0.717) is 6.54 Å². The Morgan fingerprint density at radius 1 is 1.38 bits per heavy atom. The fourth-order valence-corrected chi connectivity index (χ4v) is 2.99. The van der Waals surface area contributed by atoms with Crippen molar-refractivity contribution in [3.8, 4) is 0 Å². The molecule has 0 saturated carbocycles. The Morgan fingerprint density at radius 3 is 2.88 bits per heavy atom. The lowest BCUT2D eigenvalue weighted by atomic mass is 10.1. The zero-order valence-electron chi connectivity index (χ0n) is 13.9. The Hall–Kier alpha value is -2.63. The Kier molecular flexibility index (Phi) is 4.64. The lowest BCUT2D eigenvalue weighted by molar-refractivity contribution is -0.149. The van der Waals surface area contributed by atoms with Crippen LogP contribution in [0.2, 0.25) is 0 Å². The van der Waals surface area contributed by atoms with Gasteiger partial charge in [-0.05, 0) is 18.1 Å². The van der Waals surface area contributed by atoms with Gasteiger partial charge in [-0.2, -0.15) is 5.10 Å². The van der Waals surface area contributed by atoms with E-state index in [-0.39, 0.29) is 24.9 Å². The van der Waals surface area contributed by atoms with E-state index >= 15 is 0 Å². The molecular weight excluding hydrogens is 306 g/mol. The molecule has 2 aromatic rings. The zero-order chi connectivity index (χ0) is 17.1. The number of hydrogen-bond acceptors (Lipinski definition) is 4. The van der Waals surface area contributed by atoms with Crippen LogP contribution in [0.1, 0.15) is 24.5 Å². The number of ether oxygens (including phenoxy) is 1. The molecule has 0 spiro atoms. The number of para-hydroxylation sites is 1. The first-order valence-corrected chi connectivity index (χ1v) is 8.11. The van der Waals surface area contributed by atoms with Crippen LogP contribution in [-0.2, 0) is 34.4 Å². The molecule has 6 heteroatoms. The standard InChI is InChI=1S/C18H21N3O3/c1-3-14-6-4-5-7-16(14)21-11-15(8-17(21)22)18(23)24-12-13-9-19-20(2)10-13/h4-7,9-10,15H,3,8,11-12H2,1-2H3. The number of aromatic nitrogens is 2. The highest BCUT2D eigenvalue weighted by atomic mass is 16.5. The molecule has 0 bridgehead atoms. The summed E-state index contributed by atoms with van der Waals surface area (Å²) in [7, 11) is 1.81. The van der Waals surface area contributed by atoms with Crippen molar-refractivity contribution >= 4 is 17.6 Å².